The van der Waals surface area contributed by atoms with Crippen LogP contribution in [0.1, 0.15) is 6.42 Å². The molecule has 0 aliphatic rings. The highest BCUT2D eigenvalue weighted by molar-refractivity contribution is 7.85. The van der Waals surface area contributed by atoms with Crippen LogP contribution < -0.4 is 18.9 Å². The van der Waals surface area contributed by atoms with E-state index in [-0.39, 0.29) is 13.2 Å². The van der Waals surface area contributed by atoms with Gasteiger partial charge in [-0.05, 0) is 67.1 Å². The Balaban J connectivity index is 0.987. The number of ether oxygens (including phenoxy) is 8. The van der Waals surface area contributed by atoms with Gasteiger partial charge in [0.25, 0.3) is 10.1 Å². The van der Waals surface area contributed by atoms with E-state index >= 15 is 0 Å². The Morgan fingerprint density at radius 1 is 0.509 bits per heavy atom. The summed E-state index contributed by atoms with van der Waals surface area (Å²) in [7, 11) is -3.44. The molecule has 0 amide bonds. The fourth-order valence-corrected chi connectivity index (χ4v) is 4.76. The van der Waals surface area contributed by atoms with Crippen molar-refractivity contribution in [2.45, 2.75) is 6.42 Å². The molecule has 286 valence electrons. The average molecular weight is 754 g/mol. The maximum Gasteiger partial charge on any atom is 0.264 e. The van der Waals surface area contributed by atoms with Crippen molar-refractivity contribution in [1.29, 1.82) is 0 Å². The summed E-state index contributed by atoms with van der Waals surface area (Å²) in [6.45, 7) is 8.38. The number of hydrogen-bond acceptors (Lipinski definition) is 14. The van der Waals surface area contributed by atoms with E-state index in [4.69, 9.17) is 42.9 Å². The van der Waals surface area contributed by atoms with Gasteiger partial charge in [0.15, 0.2) is 0 Å². The molecule has 4 rings (SSSR count). The third-order valence-corrected chi connectivity index (χ3v) is 7.51. The van der Waals surface area contributed by atoms with E-state index in [9.17, 15) is 8.42 Å². The molecule has 1 aromatic carbocycles. The molecule has 0 atom stereocenters. The topological polar surface area (TPSA) is 156 Å². The number of benzene rings is 1. The number of aromatic nitrogens is 3. The molecule has 0 N–H and O–H groups in total. The Hall–Kier alpha value is -4.64. The molecular formula is C38H47N3O11S. The van der Waals surface area contributed by atoms with Crippen molar-refractivity contribution >= 4 is 10.1 Å². The summed E-state index contributed by atoms with van der Waals surface area (Å²) in [5, 5.41) is 0. The molecule has 15 heteroatoms. The second-order valence-electron chi connectivity index (χ2n) is 11.1. The second kappa shape index (κ2) is 23.8. The third kappa shape index (κ3) is 17.2. The Labute approximate surface area is 311 Å². The highest BCUT2D eigenvalue weighted by Gasteiger charge is 2.07. The highest BCUT2D eigenvalue weighted by atomic mass is 32.2. The minimum absolute atomic E-state index is 0.0153. The van der Waals surface area contributed by atoms with Crippen LogP contribution in [0.3, 0.4) is 0 Å². The van der Waals surface area contributed by atoms with Crippen LogP contribution in [0.15, 0.2) is 91.8 Å². The van der Waals surface area contributed by atoms with Gasteiger partial charge in [-0.1, -0.05) is 12.1 Å². The van der Waals surface area contributed by atoms with Gasteiger partial charge in [-0.25, -0.2) is 4.98 Å². The van der Waals surface area contributed by atoms with E-state index in [2.05, 4.69) is 20.7 Å². The van der Waals surface area contributed by atoms with E-state index < -0.39 is 10.1 Å². The lowest BCUT2D eigenvalue weighted by Gasteiger charge is -2.10. The summed E-state index contributed by atoms with van der Waals surface area (Å²) in [6, 6.07) is 20.5. The van der Waals surface area contributed by atoms with Gasteiger partial charge < -0.3 is 37.9 Å². The van der Waals surface area contributed by atoms with E-state index in [1.165, 1.54) is 0 Å². The Bertz CT molecular complexity index is 1710. The van der Waals surface area contributed by atoms with Gasteiger partial charge in [0.05, 0.1) is 107 Å². The lowest BCUT2D eigenvalue weighted by molar-refractivity contribution is 0.0272. The molecule has 0 saturated carbocycles. The first-order valence-electron chi connectivity index (χ1n) is 17.2. The summed E-state index contributed by atoms with van der Waals surface area (Å²) >= 11 is 0. The average Bonchev–Trinajstić information content (AvgIpc) is 3.17. The second-order valence-corrected chi connectivity index (χ2v) is 12.7. The molecule has 53 heavy (non-hydrogen) atoms. The maximum atomic E-state index is 10.9. The Morgan fingerprint density at radius 3 is 1.32 bits per heavy atom. The molecule has 3 heterocycles. The number of hydrogen-bond donors (Lipinski definition) is 0. The Morgan fingerprint density at radius 2 is 0.906 bits per heavy atom. The van der Waals surface area contributed by atoms with Crippen molar-refractivity contribution in [3.05, 3.63) is 91.8 Å². The fourth-order valence-electron chi connectivity index (χ4n) is 4.39. The highest BCUT2D eigenvalue weighted by Crippen LogP contribution is 2.23. The van der Waals surface area contributed by atoms with Crippen molar-refractivity contribution < 1.29 is 50.5 Å². The van der Waals surface area contributed by atoms with Crippen LogP contribution >= 0.6 is 0 Å². The first-order valence-corrected chi connectivity index (χ1v) is 19.0. The fraction of sp³-hybridized carbons (Fsp3) is 0.395. The van der Waals surface area contributed by atoms with Gasteiger partial charge in [0, 0.05) is 0 Å². The minimum Gasteiger partial charge on any atom is -0.492 e. The first-order chi connectivity index (χ1) is 25.9. The monoisotopic (exact) mass is 753 g/mol. The van der Waals surface area contributed by atoms with E-state index in [1.807, 2.05) is 72.8 Å². The van der Waals surface area contributed by atoms with Crippen LogP contribution in [-0.4, -0.2) is 116 Å². The quantitative estimate of drug-likeness (QED) is 0.0432. The van der Waals surface area contributed by atoms with Crippen molar-refractivity contribution in [1.82, 2.24) is 15.0 Å². The van der Waals surface area contributed by atoms with Gasteiger partial charge in [0.1, 0.15) is 42.8 Å². The zero-order valence-electron chi connectivity index (χ0n) is 29.9. The Kier molecular flexibility index (Phi) is 18.5. The van der Waals surface area contributed by atoms with E-state index in [1.54, 1.807) is 12.4 Å². The van der Waals surface area contributed by atoms with Gasteiger partial charge >= 0.3 is 0 Å². The minimum atomic E-state index is -3.44. The molecule has 0 saturated heterocycles. The van der Waals surface area contributed by atoms with Crippen molar-refractivity contribution in [2.24, 2.45) is 0 Å². The predicted molar refractivity (Wildman–Crippen MR) is 198 cm³/mol. The SMILES string of the molecule is C=CCCOc1ccc(-c2cccc(-c3ccc(OCCOCCOCCOc4ccc(OCCOCCOCCOS(C)(=O)=O)cc4)cn3)n2)nc1. The normalized spacial score (nSPS) is 11.3. The molecular weight excluding hydrogens is 706 g/mol. The third-order valence-electron chi connectivity index (χ3n) is 6.92. The van der Waals surface area contributed by atoms with Crippen LogP contribution in [-0.2, 0) is 33.2 Å². The van der Waals surface area contributed by atoms with E-state index in [0.29, 0.717) is 95.7 Å². The zero-order valence-corrected chi connectivity index (χ0v) is 30.7. The number of rotatable bonds is 28. The summed E-state index contributed by atoms with van der Waals surface area (Å²) in [4.78, 5) is 13.7. The molecule has 0 aliphatic heterocycles. The predicted octanol–water partition coefficient (Wildman–Crippen LogP) is 5.04. The summed E-state index contributed by atoms with van der Waals surface area (Å²) in [6.07, 6.45) is 6.95. The van der Waals surface area contributed by atoms with Gasteiger partial charge in [0.2, 0.25) is 0 Å². The first kappa shape index (κ1) is 41.1. The van der Waals surface area contributed by atoms with Crippen LogP contribution in [0.2, 0.25) is 0 Å². The smallest absolute Gasteiger partial charge is 0.264 e. The van der Waals surface area contributed by atoms with Gasteiger partial charge in [-0.3, -0.25) is 14.2 Å². The van der Waals surface area contributed by atoms with Crippen molar-refractivity contribution in [3.8, 4) is 45.8 Å². The summed E-state index contributed by atoms with van der Waals surface area (Å²) in [5.74, 6) is 2.75. The molecule has 0 aliphatic carbocycles. The summed E-state index contributed by atoms with van der Waals surface area (Å²) < 4.78 is 70.9. The van der Waals surface area contributed by atoms with Crippen molar-refractivity contribution in [2.75, 3.05) is 92.1 Å². The molecule has 0 bridgehead atoms. The van der Waals surface area contributed by atoms with Crippen LogP contribution in [0, 0.1) is 0 Å². The standard InChI is InChI=1S/C38H47N3O11S/c1-3-4-16-48-33-12-14-35(39-29-33)37-6-5-7-38(41-37)36-15-13-34(30-40-36)51-27-23-46-18-17-44-21-25-49-31-8-10-32(11-9-31)50-26-22-45-19-20-47-24-28-52-53(2,42)43/h3,5-15,29-30H,1,4,16-28H2,2H3. The summed E-state index contributed by atoms with van der Waals surface area (Å²) in [5.41, 5.74) is 2.95. The van der Waals surface area contributed by atoms with Crippen molar-refractivity contribution in [3.63, 3.8) is 0 Å². The lowest BCUT2D eigenvalue weighted by atomic mass is 10.2. The molecule has 0 fully saturated rings. The molecule has 0 spiro atoms. The lowest BCUT2D eigenvalue weighted by Crippen LogP contribution is -2.14. The molecule has 14 nitrogen and oxygen atoms in total. The molecule has 0 unspecified atom stereocenters. The zero-order chi connectivity index (χ0) is 37.4. The maximum absolute atomic E-state index is 10.9. The molecule has 0 radical (unpaired) electrons. The molecule has 3 aromatic heterocycles. The van der Waals surface area contributed by atoms with Gasteiger partial charge in [-0.15, -0.1) is 6.58 Å². The number of pyridine rings is 3. The molecule has 4 aromatic rings. The number of nitrogens with zero attached hydrogens (tertiary/aromatic N) is 3. The van der Waals surface area contributed by atoms with Gasteiger partial charge in [-0.2, -0.15) is 8.42 Å². The van der Waals surface area contributed by atoms with Crippen LogP contribution in [0.4, 0.5) is 0 Å². The van der Waals surface area contributed by atoms with E-state index in [0.717, 1.165) is 35.5 Å². The largest absolute Gasteiger partial charge is 0.492 e. The van der Waals surface area contributed by atoms with Crippen LogP contribution in [0.25, 0.3) is 22.8 Å². The van der Waals surface area contributed by atoms with Crippen LogP contribution in [0.5, 0.6) is 23.0 Å².